The molecule has 1 aromatic heterocycles. The number of nitrogens with two attached hydrogens (primary N) is 1. The van der Waals surface area contributed by atoms with Crippen LogP contribution < -0.4 is 5.73 Å². The number of benzene rings is 1. The number of quaternary nitrogens is 1. The smallest absolute Gasteiger partial charge is 0.352 e. The van der Waals surface area contributed by atoms with Gasteiger partial charge in [-0.3, -0.25) is 19.3 Å². The molecule has 0 bridgehead atoms. The molecule has 2 saturated heterocycles. The number of carbonyl (C=O) groups is 5. The van der Waals surface area contributed by atoms with Gasteiger partial charge in [-0.2, -0.15) is 0 Å². The number of likely N-dealkylation sites (N-methyl/N-ethyl adjacent to an activating group) is 1. The number of fused-ring (bicyclic) bond motifs is 1. The van der Waals surface area contributed by atoms with Crippen molar-refractivity contribution in [2.45, 2.75) is 37.7 Å². The molecule has 1 aromatic carbocycles. The number of carboxylic acids is 2. The van der Waals surface area contributed by atoms with Crippen LogP contribution in [0.5, 0.6) is 11.5 Å². The summed E-state index contributed by atoms with van der Waals surface area (Å²) in [5.41, 5.74) is 5.91. The monoisotopic (exact) mass is 751 g/mol. The van der Waals surface area contributed by atoms with Gasteiger partial charge in [-0.25, -0.2) is 14.6 Å². The van der Waals surface area contributed by atoms with Gasteiger partial charge in [0, 0.05) is 43.2 Å². The van der Waals surface area contributed by atoms with Crippen molar-refractivity contribution in [2.75, 3.05) is 51.3 Å². The zero-order chi connectivity index (χ0) is 36.5. The number of thioether (sulfide) groups is 1. The van der Waals surface area contributed by atoms with E-state index in [4.69, 9.17) is 22.2 Å². The van der Waals surface area contributed by atoms with Crippen molar-refractivity contribution in [2.24, 2.45) is 11.1 Å². The van der Waals surface area contributed by atoms with Crippen molar-refractivity contribution in [3.05, 3.63) is 45.1 Å². The fraction of sp³-hybridized carbons (Fsp3) is 0.452. The number of aromatic nitrogens is 1. The van der Waals surface area contributed by atoms with E-state index >= 15 is 0 Å². The van der Waals surface area contributed by atoms with Crippen molar-refractivity contribution >= 4 is 75.1 Å². The van der Waals surface area contributed by atoms with Gasteiger partial charge in [0.15, 0.2) is 28.1 Å². The number of aliphatic carboxylic acids is 2. The van der Waals surface area contributed by atoms with Gasteiger partial charge in [0.1, 0.15) is 22.3 Å². The van der Waals surface area contributed by atoms with E-state index in [0.717, 1.165) is 37.3 Å². The number of carbonyl (C=O) groups excluding carboxylic acids is 3. The van der Waals surface area contributed by atoms with Gasteiger partial charge in [0.25, 0.3) is 5.91 Å². The summed E-state index contributed by atoms with van der Waals surface area (Å²) >= 11 is 8.43. The molecule has 2 amide bonds. The summed E-state index contributed by atoms with van der Waals surface area (Å²) in [6, 6.07) is 3.86. The summed E-state index contributed by atoms with van der Waals surface area (Å²) in [7, 11) is 1.63. The highest BCUT2D eigenvalue weighted by molar-refractivity contribution is 8.00. The van der Waals surface area contributed by atoms with Crippen LogP contribution in [0.15, 0.2) is 34.6 Å². The highest BCUT2D eigenvalue weighted by atomic mass is 35.5. The molecule has 0 aliphatic carbocycles. The van der Waals surface area contributed by atoms with Crippen molar-refractivity contribution in [1.29, 1.82) is 0 Å². The molecule has 0 saturated carbocycles. The van der Waals surface area contributed by atoms with Crippen LogP contribution in [0.3, 0.4) is 0 Å². The number of phenols is 2. The molecule has 0 spiro atoms. The Morgan fingerprint density at radius 1 is 1.20 bits per heavy atom. The number of phenolic OH excluding ortho intramolecular Hbond substituents is 2. The Bertz CT molecular complexity index is 1790. The molecule has 3 atom stereocenters. The van der Waals surface area contributed by atoms with Crippen LogP contribution in [-0.2, 0) is 24.0 Å². The molecule has 0 unspecified atom stereocenters. The van der Waals surface area contributed by atoms with E-state index in [0.29, 0.717) is 35.4 Å². The number of nitrogens with zero attached hydrogens (tertiary/aromatic N) is 5. The molecule has 3 aliphatic rings. The van der Waals surface area contributed by atoms with Crippen LogP contribution in [0.1, 0.15) is 42.2 Å². The lowest BCUT2D eigenvalue weighted by Gasteiger charge is -2.50. The van der Waals surface area contributed by atoms with E-state index < -0.39 is 52.5 Å². The van der Waals surface area contributed by atoms with Gasteiger partial charge in [-0.15, -0.1) is 11.8 Å². The third-order valence-corrected chi connectivity index (χ3v) is 11.5. The fourth-order valence-corrected chi connectivity index (χ4v) is 8.65. The highest BCUT2D eigenvalue weighted by Gasteiger charge is 2.55. The van der Waals surface area contributed by atoms with Crippen LogP contribution >= 0.6 is 34.7 Å². The van der Waals surface area contributed by atoms with Gasteiger partial charge >= 0.3 is 11.9 Å². The van der Waals surface area contributed by atoms with Crippen molar-refractivity contribution < 1.29 is 53.7 Å². The van der Waals surface area contributed by atoms with Crippen molar-refractivity contribution in [3.8, 4) is 11.5 Å². The third-order valence-electron chi connectivity index (χ3n) is 9.03. The van der Waals surface area contributed by atoms with Crippen LogP contribution in [0, 0.1) is 5.92 Å². The number of ketones is 1. The summed E-state index contributed by atoms with van der Waals surface area (Å²) in [6.07, 6.45) is 0.0382. The molecule has 6 N–H and O–H groups in total. The Morgan fingerprint density at radius 2 is 1.90 bits per heavy atom. The van der Waals surface area contributed by atoms with Crippen LogP contribution in [0.2, 0.25) is 4.34 Å². The number of halogens is 1. The predicted octanol–water partition coefficient (Wildman–Crippen LogP) is 2.20. The minimum absolute atomic E-state index is 0.0182. The van der Waals surface area contributed by atoms with Gasteiger partial charge in [0.05, 0.1) is 37.5 Å². The molecule has 268 valence electrons. The van der Waals surface area contributed by atoms with E-state index in [1.807, 2.05) is 0 Å². The van der Waals surface area contributed by atoms with Gasteiger partial charge in [0.2, 0.25) is 12.0 Å². The van der Waals surface area contributed by atoms with Crippen LogP contribution in [0.4, 0.5) is 5.13 Å². The maximum atomic E-state index is 13.5. The number of carboxylic acid groups (broad SMARTS) is 2. The van der Waals surface area contributed by atoms with Crippen LogP contribution in [0.25, 0.3) is 0 Å². The van der Waals surface area contributed by atoms with Gasteiger partial charge in [-0.1, -0.05) is 28.1 Å². The number of β-lactam (4-membered cyclic amide) rings is 1. The Labute approximate surface area is 299 Å². The van der Waals surface area contributed by atoms with E-state index in [2.05, 4.69) is 10.1 Å². The SMILES string of the molecule is C[C@H](O/N=C(/C(=O)C[C@@H]1C(=O)N2C(C(=O)O)=C(C[N+]3(CCN(C)C(=O)c4ccc(O)c(O)c4)CCCC3)CS[C@H]12)c1nc(N)sc1Cl)C(=O)O. The Morgan fingerprint density at radius 3 is 2.50 bits per heavy atom. The molecule has 4 heterocycles. The number of nitrogen functional groups attached to an aromatic ring is 1. The van der Waals surface area contributed by atoms with Gasteiger partial charge < -0.3 is 40.4 Å². The lowest BCUT2D eigenvalue weighted by Crippen LogP contribution is -2.63. The molecule has 19 heteroatoms. The minimum Gasteiger partial charge on any atom is -0.504 e. The van der Waals surface area contributed by atoms with E-state index in [1.54, 1.807) is 7.05 Å². The average molecular weight is 752 g/mol. The first kappa shape index (κ1) is 36.9. The number of Topliss-reactive ketones (excluding diaryl/α,β-unsaturated/α-hetero) is 1. The molecule has 50 heavy (non-hydrogen) atoms. The summed E-state index contributed by atoms with van der Waals surface area (Å²) in [4.78, 5) is 75.7. The topological polar surface area (TPSA) is 233 Å². The number of oxime groups is 1. The molecule has 0 radical (unpaired) electrons. The molecule has 5 rings (SSSR count). The average Bonchev–Trinajstić information content (AvgIpc) is 3.67. The normalized spacial score (nSPS) is 20.6. The number of hydrogen-bond donors (Lipinski definition) is 5. The zero-order valence-electron chi connectivity index (χ0n) is 27.1. The van der Waals surface area contributed by atoms with Gasteiger partial charge in [-0.05, 0) is 25.1 Å². The number of amides is 2. The number of rotatable bonds is 14. The second-order valence-corrected chi connectivity index (χ2v) is 15.1. The summed E-state index contributed by atoms with van der Waals surface area (Å²) in [5, 5.41) is 42.0. The Kier molecular flexibility index (Phi) is 10.9. The van der Waals surface area contributed by atoms with Crippen molar-refractivity contribution in [1.82, 2.24) is 14.8 Å². The molecule has 16 nitrogen and oxygen atoms in total. The first-order valence-corrected chi connectivity index (χ1v) is 17.8. The minimum atomic E-state index is -1.40. The largest absolute Gasteiger partial charge is 0.504 e. The predicted molar refractivity (Wildman–Crippen MR) is 183 cm³/mol. The second-order valence-electron chi connectivity index (χ2n) is 12.4. The quantitative estimate of drug-likeness (QED) is 0.0613. The lowest BCUT2D eigenvalue weighted by molar-refractivity contribution is -0.911. The zero-order valence-corrected chi connectivity index (χ0v) is 29.5. The van der Waals surface area contributed by atoms with E-state index in [1.165, 1.54) is 46.7 Å². The maximum Gasteiger partial charge on any atom is 0.352 e. The molecule has 3 aliphatic heterocycles. The maximum absolute atomic E-state index is 13.5. The lowest BCUT2D eigenvalue weighted by atomic mass is 9.89. The summed E-state index contributed by atoms with van der Waals surface area (Å²) in [5.74, 6) is -5.52. The summed E-state index contributed by atoms with van der Waals surface area (Å²) < 4.78 is 0.538. The number of aromatic hydroxyl groups is 2. The molecule has 2 aromatic rings. The molecular formula is C31H36ClN6O10S2+. The highest BCUT2D eigenvalue weighted by Crippen LogP contribution is 2.46. The fourth-order valence-electron chi connectivity index (χ4n) is 6.31. The number of hydrogen-bond acceptors (Lipinski definition) is 13. The van der Waals surface area contributed by atoms with E-state index in [9.17, 15) is 44.4 Å². The van der Waals surface area contributed by atoms with Crippen molar-refractivity contribution in [3.63, 3.8) is 0 Å². The number of anilines is 1. The number of likely N-dealkylation sites (tertiary alicyclic amines) is 1. The standard InChI is InChI=1S/C31H35ClN6O10S2/c1-15(29(44)45)48-35-22(23-25(32)50-31(33)34-23)21(41)12-18-27(43)37-24(30(46)47)17(14-49-28(18)37)13-38(8-3-4-9-38)10-7-36(2)26(42)16-5-6-19(39)20(40)11-16/h5-6,11,15,18,28H,3-4,7-10,12-14H2,1-2H3,(H5-,33,34,35,39,40,41,42,44,45,46,47)/p+1/t15-,18+,28+/m0/s1. The van der Waals surface area contributed by atoms with E-state index in [-0.39, 0.29) is 44.5 Å². The Balaban J connectivity index is 1.31. The van der Waals surface area contributed by atoms with Crippen LogP contribution in [-0.4, -0.2) is 132 Å². The second kappa shape index (κ2) is 14.8. The first-order valence-electron chi connectivity index (χ1n) is 15.6. The number of thiazole rings is 1. The molecular weight excluding hydrogens is 716 g/mol. The summed E-state index contributed by atoms with van der Waals surface area (Å²) in [6.45, 7) is 3.95. The molecule has 2 fully saturated rings. The third kappa shape index (κ3) is 7.52. The first-order chi connectivity index (χ1) is 23.6. The Hall–Kier alpha value is -4.39.